The Hall–Kier alpha value is -3.15. The van der Waals surface area contributed by atoms with E-state index in [0.717, 1.165) is 24.1 Å². The second kappa shape index (κ2) is 7.00. The first kappa shape index (κ1) is 16.3. The van der Waals surface area contributed by atoms with Crippen LogP contribution < -0.4 is 9.64 Å². The summed E-state index contributed by atoms with van der Waals surface area (Å²) in [6.45, 7) is 2.08. The van der Waals surface area contributed by atoms with Crippen LogP contribution in [-0.2, 0) is 11.2 Å². The summed E-state index contributed by atoms with van der Waals surface area (Å²) in [4.78, 5) is 14.6. The number of amides is 1. The highest BCUT2D eigenvalue weighted by Gasteiger charge is 2.28. The van der Waals surface area contributed by atoms with Gasteiger partial charge in [-0.25, -0.2) is 0 Å². The molecule has 0 aliphatic carbocycles. The van der Waals surface area contributed by atoms with Gasteiger partial charge in [0.25, 0.3) is 5.91 Å². The second-order valence-corrected chi connectivity index (χ2v) is 6.34. The highest BCUT2D eigenvalue weighted by atomic mass is 16.5. The number of nitrogens with zero attached hydrogens (tertiary/aromatic N) is 3. The highest BCUT2D eigenvalue weighted by molar-refractivity contribution is 5.96. The topological polar surface area (TPSA) is 68.5 Å². The number of rotatable bonds is 4. The van der Waals surface area contributed by atoms with Crippen molar-refractivity contribution in [1.29, 1.82) is 0 Å². The molecule has 3 aromatic rings. The van der Waals surface area contributed by atoms with Gasteiger partial charge < -0.3 is 14.1 Å². The summed E-state index contributed by atoms with van der Waals surface area (Å²) >= 11 is 0. The predicted octanol–water partition coefficient (Wildman–Crippen LogP) is 3.48. The Labute approximate surface area is 151 Å². The van der Waals surface area contributed by atoms with E-state index in [0.29, 0.717) is 11.6 Å². The second-order valence-electron chi connectivity index (χ2n) is 6.34. The zero-order chi connectivity index (χ0) is 17.9. The van der Waals surface area contributed by atoms with Crippen molar-refractivity contribution in [1.82, 2.24) is 10.2 Å². The smallest absolute Gasteiger partial charge is 0.265 e. The number of aryl methyl sites for hydroxylation is 1. The van der Waals surface area contributed by atoms with E-state index in [1.165, 1.54) is 12.0 Å². The molecular formula is C20H19N3O3. The van der Waals surface area contributed by atoms with E-state index >= 15 is 0 Å². The molecule has 0 fully saturated rings. The van der Waals surface area contributed by atoms with E-state index in [-0.39, 0.29) is 18.6 Å². The van der Waals surface area contributed by atoms with Gasteiger partial charge in [0, 0.05) is 17.3 Å². The molecule has 26 heavy (non-hydrogen) atoms. The summed E-state index contributed by atoms with van der Waals surface area (Å²) < 4.78 is 10.9. The van der Waals surface area contributed by atoms with E-state index in [9.17, 15) is 4.79 Å². The zero-order valence-electron chi connectivity index (χ0n) is 14.5. The fourth-order valence-electron chi connectivity index (χ4n) is 3.28. The predicted molar refractivity (Wildman–Crippen MR) is 96.9 cm³/mol. The Bertz CT molecular complexity index is 891. The van der Waals surface area contributed by atoms with Gasteiger partial charge >= 0.3 is 0 Å². The van der Waals surface area contributed by atoms with Crippen LogP contribution in [0.1, 0.15) is 18.9 Å². The number of fused-ring (bicyclic) bond motifs is 1. The molecule has 2 heterocycles. The van der Waals surface area contributed by atoms with Crippen LogP contribution >= 0.6 is 0 Å². The van der Waals surface area contributed by atoms with Crippen molar-refractivity contribution in [2.45, 2.75) is 25.8 Å². The first-order chi connectivity index (χ1) is 12.7. The number of aromatic nitrogens is 2. The number of hydrogen-bond acceptors (Lipinski definition) is 5. The van der Waals surface area contributed by atoms with Crippen molar-refractivity contribution in [2.24, 2.45) is 0 Å². The van der Waals surface area contributed by atoms with Crippen LogP contribution in [0.5, 0.6) is 5.75 Å². The van der Waals surface area contributed by atoms with Gasteiger partial charge in [-0.2, -0.15) is 0 Å². The Morgan fingerprint density at radius 3 is 2.81 bits per heavy atom. The summed E-state index contributed by atoms with van der Waals surface area (Å²) in [6, 6.07) is 15.5. The summed E-state index contributed by atoms with van der Waals surface area (Å²) in [5, 5.41) is 7.52. The average molecular weight is 349 g/mol. The molecule has 1 aliphatic rings. The lowest BCUT2D eigenvalue weighted by atomic mass is 9.96. The number of carbonyl (C=O) groups is 1. The van der Waals surface area contributed by atoms with Gasteiger partial charge in [-0.3, -0.25) is 4.79 Å². The number of benzene rings is 2. The van der Waals surface area contributed by atoms with Crippen molar-refractivity contribution < 1.29 is 13.9 Å². The molecule has 1 aromatic heterocycles. The molecule has 0 saturated heterocycles. The summed E-state index contributed by atoms with van der Waals surface area (Å²) in [5.41, 5.74) is 3.01. The molecule has 1 atom stereocenters. The maximum absolute atomic E-state index is 12.8. The largest absolute Gasteiger partial charge is 0.484 e. The molecule has 1 aliphatic heterocycles. The van der Waals surface area contributed by atoms with Gasteiger partial charge in [0.1, 0.15) is 5.75 Å². The number of hydrogen-bond donors (Lipinski definition) is 0. The molecule has 0 unspecified atom stereocenters. The summed E-state index contributed by atoms with van der Waals surface area (Å²) in [6.07, 6.45) is 3.25. The van der Waals surface area contributed by atoms with Crippen LogP contribution in [0.4, 0.5) is 5.69 Å². The Kier molecular flexibility index (Phi) is 4.39. The highest BCUT2D eigenvalue weighted by Crippen LogP contribution is 2.30. The first-order valence-electron chi connectivity index (χ1n) is 8.62. The lowest BCUT2D eigenvalue weighted by molar-refractivity contribution is -0.121. The molecule has 6 heteroatoms. The van der Waals surface area contributed by atoms with Gasteiger partial charge in [0.15, 0.2) is 6.61 Å². The minimum atomic E-state index is -0.0365. The maximum Gasteiger partial charge on any atom is 0.265 e. The fraction of sp³-hybridized carbons (Fsp3) is 0.250. The Morgan fingerprint density at radius 1 is 1.23 bits per heavy atom. The fourth-order valence-corrected chi connectivity index (χ4v) is 3.28. The SMILES string of the molecule is C[C@@H]1CCc2ccccc2N1C(=O)COc1ccc(-c2nnco2)cc1. The molecule has 1 amide bonds. The van der Waals surface area contributed by atoms with Crippen LogP contribution in [0, 0.1) is 0 Å². The van der Waals surface area contributed by atoms with Gasteiger partial charge in [-0.1, -0.05) is 18.2 Å². The Morgan fingerprint density at radius 2 is 2.04 bits per heavy atom. The number of carbonyl (C=O) groups excluding carboxylic acids is 1. The van der Waals surface area contributed by atoms with E-state index in [1.807, 2.05) is 35.2 Å². The maximum atomic E-state index is 12.8. The number of anilines is 1. The molecule has 0 radical (unpaired) electrons. The molecule has 0 spiro atoms. The van der Waals surface area contributed by atoms with Crippen molar-refractivity contribution in [2.75, 3.05) is 11.5 Å². The van der Waals surface area contributed by atoms with Crippen molar-refractivity contribution in [3.8, 4) is 17.2 Å². The molecule has 6 nitrogen and oxygen atoms in total. The van der Waals surface area contributed by atoms with Crippen LogP contribution in [-0.4, -0.2) is 28.8 Å². The van der Waals surface area contributed by atoms with Crippen LogP contribution in [0.15, 0.2) is 59.3 Å². The minimum absolute atomic E-state index is 0.00141. The van der Waals surface area contributed by atoms with Crippen molar-refractivity contribution in [3.63, 3.8) is 0 Å². The molecule has 0 saturated carbocycles. The number of para-hydroxylation sites is 1. The van der Waals surface area contributed by atoms with Crippen LogP contribution in [0.2, 0.25) is 0 Å². The molecule has 132 valence electrons. The standard InChI is InChI=1S/C20H19N3O3/c1-14-6-7-15-4-2-3-5-18(15)23(14)19(24)12-25-17-10-8-16(9-11-17)20-22-21-13-26-20/h2-5,8-11,13-14H,6-7,12H2,1H3/t14-/m1/s1. The van der Waals surface area contributed by atoms with Gasteiger partial charge in [0.2, 0.25) is 12.3 Å². The molecule has 0 N–H and O–H groups in total. The summed E-state index contributed by atoms with van der Waals surface area (Å²) in [5.74, 6) is 1.04. The van der Waals surface area contributed by atoms with Crippen molar-refractivity contribution in [3.05, 3.63) is 60.5 Å². The van der Waals surface area contributed by atoms with Crippen LogP contribution in [0.3, 0.4) is 0 Å². The van der Waals surface area contributed by atoms with Gasteiger partial charge in [-0.15, -0.1) is 10.2 Å². The third kappa shape index (κ3) is 3.18. The van der Waals surface area contributed by atoms with E-state index in [2.05, 4.69) is 23.2 Å². The molecular weight excluding hydrogens is 330 g/mol. The van der Waals surface area contributed by atoms with E-state index in [4.69, 9.17) is 9.15 Å². The van der Waals surface area contributed by atoms with Crippen molar-refractivity contribution >= 4 is 11.6 Å². The zero-order valence-corrected chi connectivity index (χ0v) is 14.5. The molecule has 4 rings (SSSR count). The quantitative estimate of drug-likeness (QED) is 0.721. The molecule has 2 aromatic carbocycles. The van der Waals surface area contributed by atoms with Gasteiger partial charge in [0.05, 0.1) is 0 Å². The third-order valence-electron chi connectivity index (χ3n) is 4.62. The van der Waals surface area contributed by atoms with Gasteiger partial charge in [-0.05, 0) is 55.7 Å². The lowest BCUT2D eigenvalue weighted by Crippen LogP contribution is -2.44. The summed E-state index contributed by atoms with van der Waals surface area (Å²) in [7, 11) is 0. The first-order valence-corrected chi connectivity index (χ1v) is 8.62. The Balaban J connectivity index is 1.44. The van der Waals surface area contributed by atoms with E-state index in [1.54, 1.807) is 12.1 Å². The van der Waals surface area contributed by atoms with Crippen LogP contribution in [0.25, 0.3) is 11.5 Å². The third-order valence-corrected chi connectivity index (χ3v) is 4.62. The minimum Gasteiger partial charge on any atom is -0.484 e. The number of ether oxygens (including phenoxy) is 1. The lowest BCUT2D eigenvalue weighted by Gasteiger charge is -2.35. The van der Waals surface area contributed by atoms with E-state index < -0.39 is 0 Å². The molecule has 0 bridgehead atoms. The monoisotopic (exact) mass is 349 g/mol. The average Bonchev–Trinajstić information content (AvgIpc) is 3.21. The normalized spacial score (nSPS) is 16.2.